The van der Waals surface area contributed by atoms with Gasteiger partial charge in [0.15, 0.2) is 0 Å². The number of hydrogen-bond donors (Lipinski definition) is 2. The van der Waals surface area contributed by atoms with E-state index in [1.54, 1.807) is 0 Å². The summed E-state index contributed by atoms with van der Waals surface area (Å²) in [5.41, 5.74) is 3.84. The van der Waals surface area contributed by atoms with Crippen LogP contribution in [0.5, 0.6) is 0 Å². The lowest BCUT2D eigenvalue weighted by atomic mass is 9.93. The molecule has 0 saturated carbocycles. The summed E-state index contributed by atoms with van der Waals surface area (Å²) in [6, 6.07) is 4.07. The number of aromatic amines is 1. The minimum absolute atomic E-state index is 0.650. The van der Waals surface area contributed by atoms with Crippen molar-refractivity contribution in [3.63, 3.8) is 0 Å². The number of nitrogens with one attached hydrogen (secondary N) is 2. The molecule has 78 valence electrons. The maximum Gasteiger partial charge on any atom is 0.0487 e. The van der Waals surface area contributed by atoms with Gasteiger partial charge in [-0.25, -0.2) is 0 Å². The highest BCUT2D eigenvalue weighted by Gasteiger charge is 2.22. The highest BCUT2D eigenvalue weighted by molar-refractivity contribution is 6.31. The molecule has 3 rings (SSSR count). The van der Waals surface area contributed by atoms with Crippen LogP contribution >= 0.6 is 11.6 Å². The fourth-order valence-corrected chi connectivity index (χ4v) is 2.51. The Labute approximate surface area is 93.6 Å². The van der Waals surface area contributed by atoms with E-state index in [4.69, 9.17) is 11.6 Å². The van der Waals surface area contributed by atoms with Crippen molar-refractivity contribution >= 4 is 22.5 Å². The molecule has 2 nitrogen and oxygen atoms in total. The minimum Gasteiger partial charge on any atom is -0.361 e. The van der Waals surface area contributed by atoms with E-state index in [-0.39, 0.29) is 0 Å². The molecule has 0 aliphatic carbocycles. The second kappa shape index (κ2) is 3.26. The van der Waals surface area contributed by atoms with Crippen LogP contribution in [0.15, 0.2) is 18.3 Å². The highest BCUT2D eigenvalue weighted by atomic mass is 35.5. The number of benzene rings is 1. The summed E-state index contributed by atoms with van der Waals surface area (Å²) in [7, 11) is 0. The molecule has 2 aromatic rings. The summed E-state index contributed by atoms with van der Waals surface area (Å²) in [4.78, 5) is 3.35. The zero-order valence-electron chi connectivity index (χ0n) is 8.60. The fourth-order valence-electron chi connectivity index (χ4n) is 2.24. The molecule has 1 saturated heterocycles. The van der Waals surface area contributed by atoms with Crippen molar-refractivity contribution in [1.29, 1.82) is 0 Å². The van der Waals surface area contributed by atoms with Gasteiger partial charge < -0.3 is 10.3 Å². The third kappa shape index (κ3) is 1.36. The SMILES string of the molecule is Cc1cc(Cl)cc2c(C3CNC3)c[nH]c12. The zero-order chi connectivity index (χ0) is 10.4. The first kappa shape index (κ1) is 9.25. The standard InChI is InChI=1S/C12H13ClN2/c1-7-2-9(13)3-10-11(6-15-12(7)10)8-4-14-5-8/h2-3,6,8,14-15H,4-5H2,1H3. The Morgan fingerprint density at radius 3 is 2.80 bits per heavy atom. The van der Waals surface area contributed by atoms with Crippen molar-refractivity contribution in [3.05, 3.63) is 34.5 Å². The summed E-state index contributed by atoms with van der Waals surface area (Å²) in [6.07, 6.45) is 2.12. The normalized spacial score (nSPS) is 16.9. The summed E-state index contributed by atoms with van der Waals surface area (Å²) >= 11 is 6.09. The molecular formula is C12H13ClN2. The monoisotopic (exact) mass is 220 g/mol. The molecule has 3 heteroatoms. The van der Waals surface area contributed by atoms with E-state index in [0.29, 0.717) is 5.92 Å². The second-order valence-corrected chi connectivity index (χ2v) is 4.68. The van der Waals surface area contributed by atoms with Crippen LogP contribution in [0.2, 0.25) is 5.02 Å². The smallest absolute Gasteiger partial charge is 0.0487 e. The maximum atomic E-state index is 6.09. The molecule has 15 heavy (non-hydrogen) atoms. The van der Waals surface area contributed by atoms with Gasteiger partial charge in [0.25, 0.3) is 0 Å². The number of rotatable bonds is 1. The number of fused-ring (bicyclic) bond motifs is 1. The Morgan fingerprint density at radius 1 is 1.33 bits per heavy atom. The largest absolute Gasteiger partial charge is 0.361 e. The van der Waals surface area contributed by atoms with E-state index in [1.807, 2.05) is 6.07 Å². The van der Waals surface area contributed by atoms with Gasteiger partial charge in [-0.1, -0.05) is 11.6 Å². The summed E-state index contributed by atoms with van der Waals surface area (Å²) in [6.45, 7) is 4.25. The van der Waals surface area contributed by atoms with Crippen LogP contribution in [0.25, 0.3) is 10.9 Å². The van der Waals surface area contributed by atoms with Crippen molar-refractivity contribution in [1.82, 2.24) is 10.3 Å². The molecule has 1 aliphatic heterocycles. The van der Waals surface area contributed by atoms with Gasteiger partial charge in [-0.2, -0.15) is 0 Å². The summed E-state index contributed by atoms with van der Waals surface area (Å²) in [5.74, 6) is 0.650. The van der Waals surface area contributed by atoms with Crippen LogP contribution in [0.4, 0.5) is 0 Å². The fraction of sp³-hybridized carbons (Fsp3) is 0.333. The van der Waals surface area contributed by atoms with Gasteiger partial charge in [0.2, 0.25) is 0 Å². The first-order valence-electron chi connectivity index (χ1n) is 5.23. The van der Waals surface area contributed by atoms with E-state index >= 15 is 0 Å². The van der Waals surface area contributed by atoms with Crippen LogP contribution in [0.3, 0.4) is 0 Å². The van der Waals surface area contributed by atoms with Gasteiger partial charge in [-0.05, 0) is 30.2 Å². The van der Waals surface area contributed by atoms with E-state index < -0.39 is 0 Å². The van der Waals surface area contributed by atoms with Crippen molar-refractivity contribution in [3.8, 4) is 0 Å². The van der Waals surface area contributed by atoms with Crippen LogP contribution in [-0.4, -0.2) is 18.1 Å². The van der Waals surface area contributed by atoms with E-state index in [1.165, 1.54) is 22.0 Å². The van der Waals surface area contributed by atoms with Crippen molar-refractivity contribution < 1.29 is 0 Å². The van der Waals surface area contributed by atoms with Crippen LogP contribution in [0.1, 0.15) is 17.0 Å². The van der Waals surface area contributed by atoms with Crippen LogP contribution in [0, 0.1) is 6.92 Å². The van der Waals surface area contributed by atoms with Gasteiger partial charge in [0, 0.05) is 41.1 Å². The Morgan fingerprint density at radius 2 is 2.13 bits per heavy atom. The van der Waals surface area contributed by atoms with E-state index in [2.05, 4.69) is 29.5 Å². The van der Waals surface area contributed by atoms with Gasteiger partial charge in [-0.15, -0.1) is 0 Å². The molecule has 0 bridgehead atoms. The van der Waals surface area contributed by atoms with E-state index in [0.717, 1.165) is 18.1 Å². The number of hydrogen-bond acceptors (Lipinski definition) is 1. The number of halogens is 1. The summed E-state index contributed by atoms with van der Waals surface area (Å²) in [5, 5.41) is 5.41. The number of aryl methyl sites for hydroxylation is 1. The Balaban J connectivity index is 2.23. The Hall–Kier alpha value is -0.990. The van der Waals surface area contributed by atoms with Gasteiger partial charge >= 0.3 is 0 Å². The first-order valence-corrected chi connectivity index (χ1v) is 5.61. The predicted octanol–water partition coefficient (Wildman–Crippen LogP) is 2.82. The van der Waals surface area contributed by atoms with Crippen molar-refractivity contribution in [2.24, 2.45) is 0 Å². The second-order valence-electron chi connectivity index (χ2n) is 4.24. The van der Waals surface area contributed by atoms with Gasteiger partial charge in [-0.3, -0.25) is 0 Å². The number of H-pyrrole nitrogens is 1. The lowest BCUT2D eigenvalue weighted by Crippen LogP contribution is -2.39. The predicted molar refractivity (Wildman–Crippen MR) is 63.7 cm³/mol. The lowest BCUT2D eigenvalue weighted by Gasteiger charge is -2.26. The van der Waals surface area contributed by atoms with Gasteiger partial charge in [0.05, 0.1) is 0 Å². The number of aromatic nitrogens is 1. The third-order valence-electron chi connectivity index (χ3n) is 3.20. The molecule has 0 radical (unpaired) electrons. The Kier molecular flexibility index (Phi) is 2.01. The molecule has 1 aliphatic rings. The first-order chi connectivity index (χ1) is 7.25. The molecule has 1 fully saturated rings. The molecule has 0 atom stereocenters. The molecule has 2 heterocycles. The molecule has 1 aromatic carbocycles. The lowest BCUT2D eigenvalue weighted by molar-refractivity contribution is 0.451. The average Bonchev–Trinajstić information content (AvgIpc) is 2.46. The molecule has 0 amide bonds. The molecule has 0 unspecified atom stereocenters. The molecule has 2 N–H and O–H groups in total. The molecular weight excluding hydrogens is 208 g/mol. The Bertz CT molecular complexity index is 512. The van der Waals surface area contributed by atoms with E-state index in [9.17, 15) is 0 Å². The molecule has 0 spiro atoms. The average molecular weight is 221 g/mol. The quantitative estimate of drug-likeness (QED) is 0.760. The van der Waals surface area contributed by atoms with Gasteiger partial charge in [0.1, 0.15) is 0 Å². The topological polar surface area (TPSA) is 27.8 Å². The summed E-state index contributed by atoms with van der Waals surface area (Å²) < 4.78 is 0. The highest BCUT2D eigenvalue weighted by Crippen LogP contribution is 2.31. The van der Waals surface area contributed by atoms with Crippen molar-refractivity contribution in [2.45, 2.75) is 12.8 Å². The minimum atomic E-state index is 0.650. The van der Waals surface area contributed by atoms with Crippen molar-refractivity contribution in [2.75, 3.05) is 13.1 Å². The third-order valence-corrected chi connectivity index (χ3v) is 3.42. The molecule has 1 aromatic heterocycles. The van der Waals surface area contributed by atoms with Crippen LogP contribution in [-0.2, 0) is 0 Å². The van der Waals surface area contributed by atoms with Crippen LogP contribution < -0.4 is 5.32 Å². The zero-order valence-corrected chi connectivity index (χ0v) is 9.36. The maximum absolute atomic E-state index is 6.09.